The smallest absolute Gasteiger partial charge is 0.407 e. The van der Waals surface area contributed by atoms with Gasteiger partial charge in [-0.3, -0.25) is 9.69 Å². The Kier molecular flexibility index (Phi) is 9.18. The van der Waals surface area contributed by atoms with Crippen molar-refractivity contribution in [3.63, 3.8) is 0 Å². The summed E-state index contributed by atoms with van der Waals surface area (Å²) in [6, 6.07) is 8.06. The van der Waals surface area contributed by atoms with Crippen LogP contribution in [0.1, 0.15) is 65.4 Å². The van der Waals surface area contributed by atoms with Gasteiger partial charge in [0, 0.05) is 43.3 Å². The van der Waals surface area contributed by atoms with Crippen molar-refractivity contribution in [2.24, 2.45) is 11.1 Å². The van der Waals surface area contributed by atoms with E-state index in [9.17, 15) is 14.7 Å². The average molecular weight is 489 g/mol. The molecule has 4 N–H and O–H groups in total. The van der Waals surface area contributed by atoms with Crippen LogP contribution in [-0.2, 0) is 16.0 Å². The van der Waals surface area contributed by atoms with E-state index in [1.807, 2.05) is 38.1 Å². The zero-order valence-electron chi connectivity index (χ0n) is 22.0. The first kappa shape index (κ1) is 27.4. The predicted octanol–water partition coefficient (Wildman–Crippen LogP) is 3.06. The quantitative estimate of drug-likeness (QED) is 0.519. The number of carbonyl (C=O) groups excluding carboxylic acids is 2. The van der Waals surface area contributed by atoms with Gasteiger partial charge in [-0.2, -0.15) is 0 Å². The van der Waals surface area contributed by atoms with E-state index in [0.29, 0.717) is 44.4 Å². The number of β-amino-alcohol motifs (C(OH)–C–C–N with tert-alkyl or cyclic N) is 1. The second kappa shape index (κ2) is 11.7. The number of carbonyl (C=O) groups is 2. The number of anilines is 1. The van der Waals surface area contributed by atoms with Crippen LogP contribution in [0.5, 0.6) is 0 Å². The van der Waals surface area contributed by atoms with Crippen LogP contribution in [-0.4, -0.2) is 72.5 Å². The van der Waals surface area contributed by atoms with Crippen molar-refractivity contribution in [1.82, 2.24) is 10.2 Å². The Bertz CT molecular complexity index is 866. The normalized spacial score (nSPS) is 24.9. The first-order chi connectivity index (χ1) is 16.5. The molecule has 1 saturated heterocycles. The minimum Gasteiger partial charge on any atom is -0.453 e. The number of likely N-dealkylation sites (tertiary alicyclic amines) is 1. The van der Waals surface area contributed by atoms with Crippen LogP contribution in [0.15, 0.2) is 24.3 Å². The Labute approximate surface area is 210 Å². The lowest BCUT2D eigenvalue weighted by atomic mass is 9.80. The molecule has 196 valence electrons. The molecule has 8 heteroatoms. The van der Waals surface area contributed by atoms with Crippen molar-refractivity contribution >= 4 is 17.7 Å². The molecule has 2 amide bonds. The molecule has 2 aliphatic heterocycles. The number of aliphatic hydroxyl groups excluding tert-OH is 1. The molecule has 1 aromatic carbocycles. The number of nitrogens with two attached hydrogens (primary N) is 1. The van der Waals surface area contributed by atoms with E-state index < -0.39 is 23.7 Å². The predicted molar refractivity (Wildman–Crippen MR) is 138 cm³/mol. The Balaban J connectivity index is 1.63. The molecule has 0 radical (unpaired) electrons. The van der Waals surface area contributed by atoms with Crippen molar-refractivity contribution in [2.75, 3.05) is 25.1 Å². The average Bonchev–Trinajstić information content (AvgIpc) is 2.80. The summed E-state index contributed by atoms with van der Waals surface area (Å²) in [6.45, 7) is 9.45. The van der Waals surface area contributed by atoms with E-state index in [4.69, 9.17) is 10.5 Å². The van der Waals surface area contributed by atoms with Crippen molar-refractivity contribution in [1.29, 1.82) is 0 Å². The van der Waals surface area contributed by atoms with Crippen LogP contribution >= 0.6 is 0 Å². The van der Waals surface area contributed by atoms with Gasteiger partial charge in [0.25, 0.3) is 0 Å². The van der Waals surface area contributed by atoms with Crippen LogP contribution < -0.4 is 16.0 Å². The Morgan fingerprint density at radius 3 is 2.54 bits per heavy atom. The SMILES string of the molecule is COC(=O)NC1Cc2ccccc2N(C(=O)CC(C)(C)C[C@H](N)[C@@H](O)CN2[C@H](C)CCC[C@@H]2C)C1. The van der Waals surface area contributed by atoms with Gasteiger partial charge in [-0.1, -0.05) is 38.5 Å². The van der Waals surface area contributed by atoms with Crippen molar-refractivity contribution < 1.29 is 19.4 Å². The summed E-state index contributed by atoms with van der Waals surface area (Å²) >= 11 is 0. The number of methoxy groups -OCH3 is 1. The molecule has 1 unspecified atom stereocenters. The van der Waals surface area contributed by atoms with Crippen LogP contribution in [0.3, 0.4) is 0 Å². The third-order valence-electron chi connectivity index (χ3n) is 7.65. The van der Waals surface area contributed by atoms with Crippen LogP contribution in [0.25, 0.3) is 0 Å². The molecule has 3 rings (SSSR count). The van der Waals surface area contributed by atoms with Gasteiger partial charge in [0.05, 0.1) is 19.3 Å². The molecular weight excluding hydrogens is 444 g/mol. The number of hydrogen-bond acceptors (Lipinski definition) is 6. The Morgan fingerprint density at radius 2 is 1.89 bits per heavy atom. The number of piperidine rings is 1. The van der Waals surface area contributed by atoms with Gasteiger partial charge >= 0.3 is 6.09 Å². The summed E-state index contributed by atoms with van der Waals surface area (Å²) < 4.78 is 4.76. The molecule has 0 saturated carbocycles. The number of nitrogens with one attached hydrogen (secondary N) is 1. The number of nitrogens with zero attached hydrogens (tertiary/aromatic N) is 2. The summed E-state index contributed by atoms with van der Waals surface area (Å²) in [4.78, 5) is 29.4. The standard InChI is InChI=1S/C27H44N4O4/c1-18-9-8-10-19(2)30(18)17-24(32)22(28)14-27(3,4)15-25(33)31-16-21(29-26(34)35-5)13-20-11-6-7-12-23(20)31/h6-7,11-12,18-19,21-22,24,32H,8-10,13-17,28H2,1-5H3,(H,29,34)/t18-,19+,21?,22-,24-/m0/s1. The largest absolute Gasteiger partial charge is 0.453 e. The molecule has 8 nitrogen and oxygen atoms in total. The van der Waals surface area contributed by atoms with Crippen molar-refractivity contribution in [3.8, 4) is 0 Å². The summed E-state index contributed by atoms with van der Waals surface area (Å²) in [5.41, 5.74) is 7.98. The van der Waals surface area contributed by atoms with E-state index in [1.165, 1.54) is 13.5 Å². The number of rotatable bonds is 8. The fourth-order valence-corrected chi connectivity index (χ4v) is 5.69. The molecule has 5 atom stereocenters. The monoisotopic (exact) mass is 488 g/mol. The number of amides is 2. The molecule has 2 heterocycles. The molecular formula is C27H44N4O4. The van der Waals surface area contributed by atoms with Gasteiger partial charge in [-0.25, -0.2) is 4.79 Å². The van der Waals surface area contributed by atoms with Gasteiger partial charge in [0.1, 0.15) is 0 Å². The maximum Gasteiger partial charge on any atom is 0.407 e. The highest BCUT2D eigenvalue weighted by atomic mass is 16.5. The highest BCUT2D eigenvalue weighted by Gasteiger charge is 2.35. The molecule has 35 heavy (non-hydrogen) atoms. The maximum atomic E-state index is 13.5. The van der Waals surface area contributed by atoms with E-state index in [0.717, 1.165) is 24.1 Å². The van der Waals surface area contributed by atoms with Gasteiger partial charge in [-0.05, 0) is 56.6 Å². The number of fused-ring (bicyclic) bond motifs is 1. The fourth-order valence-electron chi connectivity index (χ4n) is 5.69. The zero-order valence-corrected chi connectivity index (χ0v) is 22.0. The number of aliphatic hydroxyl groups is 1. The number of ether oxygens (including phenoxy) is 1. The number of alkyl carbamates (subject to hydrolysis) is 1. The van der Waals surface area contributed by atoms with Gasteiger partial charge in [0.2, 0.25) is 5.91 Å². The van der Waals surface area contributed by atoms with Crippen molar-refractivity contribution in [3.05, 3.63) is 29.8 Å². The minimum absolute atomic E-state index is 0.0150. The molecule has 1 fully saturated rings. The number of hydrogen-bond donors (Lipinski definition) is 3. The number of para-hydroxylation sites is 1. The summed E-state index contributed by atoms with van der Waals surface area (Å²) in [7, 11) is 1.34. The van der Waals surface area contributed by atoms with Gasteiger partial charge < -0.3 is 25.8 Å². The first-order valence-electron chi connectivity index (χ1n) is 12.9. The van der Waals surface area contributed by atoms with E-state index in [2.05, 4.69) is 24.1 Å². The topological polar surface area (TPSA) is 108 Å². The summed E-state index contributed by atoms with van der Waals surface area (Å²) in [5, 5.41) is 13.7. The van der Waals surface area contributed by atoms with Gasteiger partial charge in [-0.15, -0.1) is 0 Å². The van der Waals surface area contributed by atoms with Crippen LogP contribution in [0.4, 0.5) is 10.5 Å². The lowest BCUT2D eigenvalue weighted by molar-refractivity contribution is -0.121. The van der Waals surface area contributed by atoms with E-state index in [-0.39, 0.29) is 11.9 Å². The highest BCUT2D eigenvalue weighted by molar-refractivity contribution is 5.95. The van der Waals surface area contributed by atoms with Crippen LogP contribution in [0, 0.1) is 5.41 Å². The maximum absolute atomic E-state index is 13.5. The molecule has 2 aliphatic rings. The fraction of sp³-hybridized carbons (Fsp3) is 0.704. The van der Waals surface area contributed by atoms with Crippen LogP contribution in [0.2, 0.25) is 0 Å². The molecule has 0 aliphatic carbocycles. The summed E-state index contributed by atoms with van der Waals surface area (Å²) in [5.74, 6) is -0.0150. The van der Waals surface area contributed by atoms with Crippen molar-refractivity contribution in [2.45, 2.75) is 96.5 Å². The summed E-state index contributed by atoms with van der Waals surface area (Å²) in [6.07, 6.45) is 3.86. The molecule has 0 bridgehead atoms. The lowest BCUT2D eigenvalue weighted by Gasteiger charge is -2.41. The molecule has 0 spiro atoms. The lowest BCUT2D eigenvalue weighted by Crippen LogP contribution is -2.52. The Morgan fingerprint density at radius 1 is 1.23 bits per heavy atom. The third-order valence-corrected chi connectivity index (χ3v) is 7.65. The highest BCUT2D eigenvalue weighted by Crippen LogP contribution is 2.33. The van der Waals surface area contributed by atoms with E-state index in [1.54, 1.807) is 4.90 Å². The third kappa shape index (κ3) is 7.18. The van der Waals surface area contributed by atoms with E-state index >= 15 is 0 Å². The second-order valence-electron chi connectivity index (χ2n) is 11.3. The molecule has 1 aromatic rings. The zero-order chi connectivity index (χ0) is 25.8. The minimum atomic E-state index is -0.642. The molecule has 0 aromatic heterocycles. The Hall–Kier alpha value is -2.16. The first-order valence-corrected chi connectivity index (χ1v) is 12.9. The van der Waals surface area contributed by atoms with Gasteiger partial charge in [0.15, 0.2) is 0 Å². The second-order valence-corrected chi connectivity index (χ2v) is 11.3. The number of benzene rings is 1.